The third kappa shape index (κ3) is 4.18. The molecule has 148 valence electrons. The number of benzene rings is 2. The second kappa shape index (κ2) is 8.11. The fourth-order valence-electron chi connectivity index (χ4n) is 3.05. The van der Waals surface area contributed by atoms with Crippen molar-refractivity contribution >= 4 is 23.4 Å². The van der Waals surface area contributed by atoms with E-state index < -0.39 is 5.97 Å². The zero-order valence-electron chi connectivity index (χ0n) is 15.6. The molecule has 0 unspecified atom stereocenters. The maximum atomic E-state index is 12.4. The van der Waals surface area contributed by atoms with Crippen LogP contribution >= 0.6 is 11.6 Å². The van der Waals surface area contributed by atoms with Crippen LogP contribution in [0.1, 0.15) is 39.0 Å². The lowest BCUT2D eigenvalue weighted by molar-refractivity contribution is -0.0180. The van der Waals surface area contributed by atoms with E-state index in [0.717, 1.165) is 11.1 Å². The van der Waals surface area contributed by atoms with Gasteiger partial charge in [-0.1, -0.05) is 35.9 Å². The molecule has 6 nitrogen and oxygen atoms in total. The summed E-state index contributed by atoms with van der Waals surface area (Å²) in [6, 6.07) is 13.6. The fraction of sp³-hybridized carbons (Fsp3) is 0.182. The summed E-state index contributed by atoms with van der Waals surface area (Å²) in [4.78, 5) is 23.8. The highest BCUT2D eigenvalue weighted by Gasteiger charge is 2.19. The van der Waals surface area contributed by atoms with E-state index in [1.165, 1.54) is 6.92 Å². The van der Waals surface area contributed by atoms with Gasteiger partial charge in [0.25, 0.3) is 0 Å². The predicted octanol–water partition coefficient (Wildman–Crippen LogP) is 5.03. The lowest BCUT2D eigenvalue weighted by Gasteiger charge is -2.20. The fourth-order valence-corrected chi connectivity index (χ4v) is 3.31. The average molecular weight is 413 g/mol. The van der Waals surface area contributed by atoms with Crippen molar-refractivity contribution in [2.45, 2.75) is 20.1 Å². The molecule has 0 radical (unpaired) electrons. The smallest absolute Gasteiger partial charge is 0.374 e. The molecule has 0 fully saturated rings. The minimum absolute atomic E-state index is 0.00886. The largest absolute Gasteiger partial charge is 0.467 e. The van der Waals surface area contributed by atoms with Gasteiger partial charge in [0.15, 0.2) is 12.6 Å². The Kier molecular flexibility index (Phi) is 5.38. The average Bonchev–Trinajstić information content (AvgIpc) is 3.22. The normalized spacial score (nSPS) is 12.8. The number of rotatable bonds is 5. The van der Waals surface area contributed by atoms with Crippen LogP contribution in [0.4, 0.5) is 0 Å². The van der Waals surface area contributed by atoms with Crippen molar-refractivity contribution in [3.63, 3.8) is 0 Å². The van der Waals surface area contributed by atoms with Crippen LogP contribution in [0.25, 0.3) is 11.3 Å². The van der Waals surface area contributed by atoms with Crippen molar-refractivity contribution in [1.82, 2.24) is 0 Å². The number of carbonyl (C=O) groups excluding carboxylic acids is 2. The minimum Gasteiger partial charge on any atom is -0.467 e. The molecule has 3 aromatic rings. The number of hydrogen-bond acceptors (Lipinski definition) is 6. The van der Waals surface area contributed by atoms with Gasteiger partial charge in [-0.05, 0) is 31.2 Å². The second-order valence-electron chi connectivity index (χ2n) is 6.54. The van der Waals surface area contributed by atoms with Gasteiger partial charge in [-0.3, -0.25) is 4.79 Å². The van der Waals surface area contributed by atoms with Crippen LogP contribution in [0.2, 0.25) is 5.02 Å². The van der Waals surface area contributed by atoms with Crippen molar-refractivity contribution in [2.24, 2.45) is 0 Å². The number of carbonyl (C=O) groups is 2. The predicted molar refractivity (Wildman–Crippen MR) is 105 cm³/mol. The highest BCUT2D eigenvalue weighted by Crippen LogP contribution is 2.32. The molecule has 0 spiro atoms. The Morgan fingerprint density at radius 2 is 1.90 bits per heavy atom. The summed E-state index contributed by atoms with van der Waals surface area (Å²) >= 11 is 6.12. The molecule has 2 aromatic carbocycles. The molecule has 1 aromatic heterocycles. The van der Waals surface area contributed by atoms with E-state index in [-0.39, 0.29) is 24.9 Å². The standard InChI is InChI=1S/C22H17ClO6/c1-13(24)14-2-4-15(5-3-14)19-6-7-20(29-19)22(25)27-11-17-9-18(23)8-16-10-26-12-28-21(16)17/h2-9H,10-12H2,1H3. The first-order valence-corrected chi connectivity index (χ1v) is 9.29. The van der Waals surface area contributed by atoms with E-state index in [0.29, 0.717) is 34.3 Å². The number of Topliss-reactive ketones (excluding diaryl/α,β-unsaturated/α-hetero) is 1. The Balaban J connectivity index is 1.46. The highest BCUT2D eigenvalue weighted by molar-refractivity contribution is 6.30. The molecular weight excluding hydrogens is 396 g/mol. The molecule has 2 heterocycles. The Bertz CT molecular complexity index is 1070. The lowest BCUT2D eigenvalue weighted by atomic mass is 10.1. The van der Waals surface area contributed by atoms with Crippen LogP contribution < -0.4 is 4.74 Å². The maximum Gasteiger partial charge on any atom is 0.374 e. The van der Waals surface area contributed by atoms with Gasteiger partial charge in [0, 0.05) is 27.3 Å². The van der Waals surface area contributed by atoms with Gasteiger partial charge in [0.1, 0.15) is 18.1 Å². The van der Waals surface area contributed by atoms with E-state index >= 15 is 0 Å². The molecule has 1 aliphatic heterocycles. The van der Waals surface area contributed by atoms with Crippen LogP contribution in [0.3, 0.4) is 0 Å². The number of ketones is 1. The van der Waals surface area contributed by atoms with Gasteiger partial charge in [-0.15, -0.1) is 0 Å². The summed E-state index contributed by atoms with van der Waals surface area (Å²) < 4.78 is 21.8. The van der Waals surface area contributed by atoms with Crippen molar-refractivity contribution < 1.29 is 28.2 Å². The monoisotopic (exact) mass is 412 g/mol. The first-order valence-electron chi connectivity index (χ1n) is 8.91. The molecule has 0 N–H and O–H groups in total. The van der Waals surface area contributed by atoms with E-state index in [1.54, 1.807) is 48.5 Å². The second-order valence-corrected chi connectivity index (χ2v) is 6.97. The number of esters is 1. The van der Waals surface area contributed by atoms with Gasteiger partial charge in [0.2, 0.25) is 5.76 Å². The summed E-state index contributed by atoms with van der Waals surface area (Å²) in [5.74, 6) is 0.596. The third-order valence-corrected chi connectivity index (χ3v) is 4.71. The number of ether oxygens (including phenoxy) is 3. The van der Waals surface area contributed by atoms with Gasteiger partial charge in [-0.2, -0.15) is 0 Å². The van der Waals surface area contributed by atoms with Crippen LogP contribution in [-0.4, -0.2) is 18.5 Å². The van der Waals surface area contributed by atoms with Crippen LogP contribution in [0.5, 0.6) is 5.75 Å². The summed E-state index contributed by atoms with van der Waals surface area (Å²) in [7, 11) is 0. The van der Waals surface area contributed by atoms with Crippen molar-refractivity contribution in [3.05, 3.63) is 76.0 Å². The van der Waals surface area contributed by atoms with Crippen molar-refractivity contribution in [1.29, 1.82) is 0 Å². The summed E-state index contributed by atoms with van der Waals surface area (Å²) in [6.45, 7) is 2.02. The Labute approximate surface area is 171 Å². The summed E-state index contributed by atoms with van der Waals surface area (Å²) in [5.41, 5.74) is 2.84. The molecule has 0 saturated carbocycles. The molecule has 0 amide bonds. The molecular formula is C22H17ClO6. The quantitative estimate of drug-likeness (QED) is 0.432. The maximum absolute atomic E-state index is 12.4. The zero-order valence-corrected chi connectivity index (χ0v) is 16.3. The Morgan fingerprint density at radius 3 is 2.66 bits per heavy atom. The molecule has 0 bridgehead atoms. The van der Waals surface area contributed by atoms with Crippen LogP contribution in [0, 0.1) is 0 Å². The molecule has 1 aliphatic rings. The molecule has 29 heavy (non-hydrogen) atoms. The Hall–Kier alpha value is -3.09. The lowest BCUT2D eigenvalue weighted by Crippen LogP contribution is -2.14. The molecule has 0 atom stereocenters. The highest BCUT2D eigenvalue weighted by atomic mass is 35.5. The van der Waals surface area contributed by atoms with E-state index in [2.05, 4.69) is 0 Å². The topological polar surface area (TPSA) is 75.0 Å². The van der Waals surface area contributed by atoms with Crippen molar-refractivity contribution in [2.75, 3.05) is 6.79 Å². The Morgan fingerprint density at radius 1 is 1.10 bits per heavy atom. The van der Waals surface area contributed by atoms with Gasteiger partial charge in [0.05, 0.1) is 6.61 Å². The zero-order chi connectivity index (χ0) is 20.4. The first-order chi connectivity index (χ1) is 14.0. The van der Waals surface area contributed by atoms with Gasteiger partial charge < -0.3 is 18.6 Å². The summed E-state index contributed by atoms with van der Waals surface area (Å²) in [6.07, 6.45) is 0. The van der Waals surface area contributed by atoms with Crippen molar-refractivity contribution in [3.8, 4) is 17.1 Å². The SMILES string of the molecule is CC(=O)c1ccc(-c2ccc(C(=O)OCc3cc(Cl)cc4c3OCOC4)o2)cc1. The number of halogens is 1. The minimum atomic E-state index is -0.600. The van der Waals surface area contributed by atoms with Gasteiger partial charge >= 0.3 is 5.97 Å². The molecule has 0 saturated heterocycles. The van der Waals surface area contributed by atoms with E-state index in [9.17, 15) is 9.59 Å². The van der Waals surface area contributed by atoms with Crippen LogP contribution in [-0.2, 0) is 22.7 Å². The van der Waals surface area contributed by atoms with Crippen LogP contribution in [0.15, 0.2) is 52.9 Å². The van der Waals surface area contributed by atoms with Gasteiger partial charge in [-0.25, -0.2) is 4.79 Å². The van der Waals surface area contributed by atoms with E-state index in [1.807, 2.05) is 0 Å². The molecule has 4 rings (SSSR count). The first kappa shape index (κ1) is 19.2. The molecule has 0 aliphatic carbocycles. The number of furan rings is 1. The number of fused-ring (bicyclic) bond motifs is 1. The van der Waals surface area contributed by atoms with E-state index in [4.69, 9.17) is 30.2 Å². The molecule has 7 heteroatoms. The summed E-state index contributed by atoms with van der Waals surface area (Å²) in [5, 5.41) is 0.512. The third-order valence-electron chi connectivity index (χ3n) is 4.49. The number of hydrogen-bond donors (Lipinski definition) is 0.